The van der Waals surface area contributed by atoms with Crippen LogP contribution in [0.4, 0.5) is 0 Å². The number of hydrogen-bond acceptors (Lipinski definition) is 5. The van der Waals surface area contributed by atoms with Gasteiger partial charge in [0.1, 0.15) is 10.3 Å². The number of aromatic nitrogens is 2. The van der Waals surface area contributed by atoms with E-state index in [1.807, 2.05) is 0 Å². The lowest BCUT2D eigenvalue weighted by Crippen LogP contribution is -2.34. The summed E-state index contributed by atoms with van der Waals surface area (Å²) in [6.07, 6.45) is 1.18. The normalized spacial score (nSPS) is 13.4. The molecule has 0 aliphatic heterocycles. The number of carbonyl (C=O) groups is 1. The van der Waals surface area contributed by atoms with Crippen molar-refractivity contribution in [3.8, 4) is 0 Å². The highest BCUT2D eigenvalue weighted by Crippen LogP contribution is 2.11. The molecule has 1 aromatic heterocycles. The van der Waals surface area contributed by atoms with Crippen molar-refractivity contribution >= 4 is 27.6 Å². The van der Waals surface area contributed by atoms with Crippen LogP contribution in [-0.2, 0) is 19.6 Å². The van der Waals surface area contributed by atoms with Crippen LogP contribution >= 0.6 is 11.6 Å². The summed E-state index contributed by atoms with van der Waals surface area (Å²) in [6.45, 7) is 1.32. The molecule has 96 valence electrons. The van der Waals surface area contributed by atoms with Crippen molar-refractivity contribution in [2.24, 2.45) is 0 Å². The minimum Gasteiger partial charge on any atom is -0.468 e. The molecule has 1 atom stereocenters. The summed E-state index contributed by atoms with van der Waals surface area (Å²) in [7, 11) is -2.55. The third-order valence-corrected chi connectivity index (χ3v) is 3.85. The number of alkyl halides is 1. The van der Waals surface area contributed by atoms with Gasteiger partial charge in [-0.15, -0.1) is 11.6 Å². The topological polar surface area (TPSA) is 101 Å². The molecule has 0 spiro atoms. The monoisotopic (exact) mass is 281 g/mol. The van der Waals surface area contributed by atoms with Gasteiger partial charge in [-0.25, -0.2) is 13.1 Å². The summed E-state index contributed by atoms with van der Waals surface area (Å²) in [5, 5.41) is 5.03. The van der Waals surface area contributed by atoms with Gasteiger partial charge in [-0.1, -0.05) is 0 Å². The van der Waals surface area contributed by atoms with Crippen molar-refractivity contribution in [3.05, 3.63) is 11.9 Å². The molecule has 1 heterocycles. The van der Waals surface area contributed by atoms with Crippen LogP contribution in [0.3, 0.4) is 0 Å². The van der Waals surface area contributed by atoms with Gasteiger partial charge < -0.3 is 4.74 Å². The Labute approximate surface area is 104 Å². The van der Waals surface area contributed by atoms with Gasteiger partial charge in [-0.3, -0.25) is 9.89 Å². The van der Waals surface area contributed by atoms with E-state index >= 15 is 0 Å². The predicted molar refractivity (Wildman–Crippen MR) is 60.2 cm³/mol. The second-order valence-electron chi connectivity index (χ2n) is 3.20. The molecule has 0 amide bonds. The maximum Gasteiger partial charge on any atom is 0.325 e. The minimum atomic E-state index is -3.72. The number of hydrogen-bond donors (Lipinski definition) is 2. The van der Waals surface area contributed by atoms with Gasteiger partial charge in [0, 0.05) is 6.54 Å². The Kier molecular flexibility index (Phi) is 4.49. The number of aryl methyl sites for hydroxylation is 1. The molecule has 0 fully saturated rings. The highest BCUT2D eigenvalue weighted by Gasteiger charge is 2.22. The van der Waals surface area contributed by atoms with Crippen LogP contribution in [0.25, 0.3) is 0 Å². The lowest BCUT2D eigenvalue weighted by atomic mass is 10.4. The minimum absolute atomic E-state index is 0.0197. The van der Waals surface area contributed by atoms with Gasteiger partial charge in [0.25, 0.3) is 0 Å². The molecule has 2 N–H and O–H groups in total. The number of methoxy groups -OCH3 is 1. The smallest absolute Gasteiger partial charge is 0.325 e. The van der Waals surface area contributed by atoms with Crippen LogP contribution in [0.15, 0.2) is 11.1 Å². The zero-order chi connectivity index (χ0) is 13.1. The van der Waals surface area contributed by atoms with E-state index in [0.29, 0.717) is 5.69 Å². The standard InChI is InChI=1S/C8H12ClN3O4S/c1-5-7(4-10-12-5)17(14,15)11-3-6(9)8(13)16-2/h4,6,11H,3H2,1-2H3,(H,10,12). The van der Waals surface area contributed by atoms with Gasteiger partial charge in [0.2, 0.25) is 10.0 Å². The third-order valence-electron chi connectivity index (χ3n) is 1.98. The van der Waals surface area contributed by atoms with Crippen LogP contribution in [0.2, 0.25) is 0 Å². The third kappa shape index (κ3) is 3.42. The van der Waals surface area contributed by atoms with Gasteiger partial charge in [0.05, 0.1) is 19.0 Å². The fraction of sp³-hybridized carbons (Fsp3) is 0.500. The summed E-state index contributed by atoms with van der Waals surface area (Å²) in [4.78, 5) is 11.0. The summed E-state index contributed by atoms with van der Waals surface area (Å²) in [6, 6.07) is 0. The lowest BCUT2D eigenvalue weighted by molar-refractivity contribution is -0.140. The molecule has 17 heavy (non-hydrogen) atoms. The molecular weight excluding hydrogens is 270 g/mol. The van der Waals surface area contributed by atoms with E-state index in [2.05, 4.69) is 19.7 Å². The van der Waals surface area contributed by atoms with Crippen LogP contribution in [0.1, 0.15) is 5.69 Å². The molecule has 1 unspecified atom stereocenters. The van der Waals surface area contributed by atoms with E-state index in [9.17, 15) is 13.2 Å². The molecule has 0 bridgehead atoms. The number of ether oxygens (including phenoxy) is 1. The molecule has 1 aromatic rings. The largest absolute Gasteiger partial charge is 0.468 e. The molecular formula is C8H12ClN3O4S. The Morgan fingerprint density at radius 2 is 2.35 bits per heavy atom. The number of halogens is 1. The van der Waals surface area contributed by atoms with E-state index in [1.165, 1.54) is 13.3 Å². The Hall–Kier alpha value is -1.12. The van der Waals surface area contributed by atoms with Gasteiger partial charge in [-0.2, -0.15) is 5.10 Å². The first-order valence-corrected chi connectivity index (χ1v) is 6.52. The number of nitrogens with one attached hydrogen (secondary N) is 2. The zero-order valence-corrected chi connectivity index (χ0v) is 10.8. The quantitative estimate of drug-likeness (QED) is 0.574. The highest BCUT2D eigenvalue weighted by molar-refractivity contribution is 7.89. The van der Waals surface area contributed by atoms with Crippen molar-refractivity contribution in [2.45, 2.75) is 17.2 Å². The molecule has 0 saturated carbocycles. The first kappa shape index (κ1) is 13.9. The fourth-order valence-electron chi connectivity index (χ4n) is 1.08. The number of esters is 1. The number of carbonyl (C=O) groups excluding carboxylic acids is 1. The predicted octanol–water partition coefficient (Wildman–Crippen LogP) is -0.223. The fourth-order valence-corrected chi connectivity index (χ4v) is 2.52. The summed E-state index contributed by atoms with van der Waals surface area (Å²) in [5.41, 5.74) is 0.404. The first-order chi connectivity index (χ1) is 7.88. The molecule has 9 heteroatoms. The van der Waals surface area contributed by atoms with E-state index < -0.39 is 21.4 Å². The second kappa shape index (κ2) is 5.48. The van der Waals surface area contributed by atoms with Crippen LogP contribution < -0.4 is 4.72 Å². The molecule has 7 nitrogen and oxygen atoms in total. The van der Waals surface area contributed by atoms with Crippen LogP contribution in [-0.4, -0.2) is 43.6 Å². The average molecular weight is 282 g/mol. The average Bonchev–Trinajstić information content (AvgIpc) is 2.72. The van der Waals surface area contributed by atoms with Crippen LogP contribution in [0.5, 0.6) is 0 Å². The Morgan fingerprint density at radius 1 is 1.71 bits per heavy atom. The van der Waals surface area contributed by atoms with Crippen LogP contribution in [0, 0.1) is 6.92 Å². The van der Waals surface area contributed by atoms with Crippen molar-refractivity contribution in [3.63, 3.8) is 0 Å². The summed E-state index contributed by atoms with van der Waals surface area (Å²) < 4.78 is 30.1. The maximum absolute atomic E-state index is 11.7. The highest BCUT2D eigenvalue weighted by atomic mass is 35.5. The number of sulfonamides is 1. The number of rotatable bonds is 5. The Balaban J connectivity index is 2.70. The van der Waals surface area contributed by atoms with E-state index in [0.717, 1.165) is 0 Å². The molecule has 1 rings (SSSR count). The van der Waals surface area contributed by atoms with E-state index in [4.69, 9.17) is 11.6 Å². The number of H-pyrrole nitrogens is 1. The molecule has 0 aliphatic carbocycles. The van der Waals surface area contributed by atoms with Crippen molar-refractivity contribution in [1.82, 2.24) is 14.9 Å². The van der Waals surface area contributed by atoms with E-state index in [-0.39, 0.29) is 11.4 Å². The number of aromatic amines is 1. The lowest BCUT2D eigenvalue weighted by Gasteiger charge is -2.08. The second-order valence-corrected chi connectivity index (χ2v) is 5.46. The zero-order valence-electron chi connectivity index (χ0n) is 9.23. The molecule has 0 saturated heterocycles. The number of nitrogens with zero attached hydrogens (tertiary/aromatic N) is 1. The van der Waals surface area contributed by atoms with Gasteiger partial charge in [-0.05, 0) is 6.92 Å². The van der Waals surface area contributed by atoms with Gasteiger partial charge >= 0.3 is 5.97 Å². The SMILES string of the molecule is COC(=O)C(Cl)CNS(=O)(=O)c1cn[nH]c1C. The summed E-state index contributed by atoms with van der Waals surface area (Å²) in [5.74, 6) is -0.696. The van der Waals surface area contributed by atoms with E-state index in [1.54, 1.807) is 6.92 Å². The van der Waals surface area contributed by atoms with Gasteiger partial charge in [0.15, 0.2) is 0 Å². The Morgan fingerprint density at radius 3 is 2.82 bits per heavy atom. The maximum atomic E-state index is 11.7. The Bertz CT molecular complexity index is 499. The summed E-state index contributed by atoms with van der Waals surface area (Å²) >= 11 is 5.61. The van der Waals surface area contributed by atoms with Crippen molar-refractivity contribution in [1.29, 1.82) is 0 Å². The first-order valence-electron chi connectivity index (χ1n) is 4.60. The van der Waals surface area contributed by atoms with Crippen molar-refractivity contribution < 1.29 is 17.9 Å². The molecule has 0 radical (unpaired) electrons. The van der Waals surface area contributed by atoms with Crippen molar-refractivity contribution in [2.75, 3.05) is 13.7 Å². The molecule has 0 aromatic carbocycles. The molecule has 0 aliphatic rings.